The number of nitrogens with zero attached hydrogens (tertiary/aromatic N) is 6. The van der Waals surface area contributed by atoms with Crippen molar-refractivity contribution in [2.75, 3.05) is 92.6 Å². The SMILES string of the molecule is CN1CCN(C(=O)N2CCN(C(=O)N3CCN(C)CC3)CC2)CC1. The van der Waals surface area contributed by atoms with Crippen LogP contribution in [0.3, 0.4) is 0 Å². The zero-order valence-electron chi connectivity index (χ0n) is 15.0. The van der Waals surface area contributed by atoms with Gasteiger partial charge in [-0.1, -0.05) is 0 Å². The van der Waals surface area contributed by atoms with Crippen molar-refractivity contribution in [1.82, 2.24) is 29.4 Å². The molecule has 0 saturated carbocycles. The van der Waals surface area contributed by atoms with E-state index in [0.717, 1.165) is 52.4 Å². The summed E-state index contributed by atoms with van der Waals surface area (Å²) in [6.07, 6.45) is 0. The number of amides is 4. The second kappa shape index (κ2) is 7.57. The Labute approximate surface area is 144 Å². The van der Waals surface area contributed by atoms with Crippen molar-refractivity contribution in [3.63, 3.8) is 0 Å². The molecule has 3 fully saturated rings. The van der Waals surface area contributed by atoms with E-state index in [-0.39, 0.29) is 12.1 Å². The first kappa shape index (κ1) is 17.3. The summed E-state index contributed by atoms with van der Waals surface area (Å²) in [4.78, 5) is 37.4. The van der Waals surface area contributed by atoms with E-state index in [9.17, 15) is 9.59 Å². The summed E-state index contributed by atoms with van der Waals surface area (Å²) in [5, 5.41) is 0. The van der Waals surface area contributed by atoms with E-state index in [1.807, 2.05) is 19.6 Å². The molecular formula is C16H30N6O2. The Bertz CT molecular complexity index is 407. The van der Waals surface area contributed by atoms with Crippen LogP contribution < -0.4 is 0 Å². The minimum Gasteiger partial charge on any atom is -0.322 e. The number of carbonyl (C=O) groups excluding carboxylic acids is 2. The quantitative estimate of drug-likeness (QED) is 0.588. The number of hydrogen-bond acceptors (Lipinski definition) is 4. The van der Waals surface area contributed by atoms with Gasteiger partial charge in [0.2, 0.25) is 0 Å². The molecule has 3 heterocycles. The largest absolute Gasteiger partial charge is 0.322 e. The van der Waals surface area contributed by atoms with Crippen molar-refractivity contribution in [3.05, 3.63) is 0 Å². The van der Waals surface area contributed by atoms with Gasteiger partial charge in [0, 0.05) is 78.5 Å². The molecule has 3 aliphatic rings. The minimum absolute atomic E-state index is 0.134. The first-order valence-electron chi connectivity index (χ1n) is 8.99. The zero-order valence-corrected chi connectivity index (χ0v) is 15.0. The van der Waals surface area contributed by atoms with Crippen molar-refractivity contribution in [2.24, 2.45) is 0 Å². The highest BCUT2D eigenvalue weighted by molar-refractivity contribution is 5.77. The van der Waals surface area contributed by atoms with E-state index >= 15 is 0 Å². The summed E-state index contributed by atoms with van der Waals surface area (Å²) in [6, 6.07) is 0.268. The van der Waals surface area contributed by atoms with Crippen LogP contribution >= 0.6 is 0 Å². The fourth-order valence-electron chi connectivity index (χ4n) is 3.48. The minimum atomic E-state index is 0.134. The van der Waals surface area contributed by atoms with Gasteiger partial charge in [0.05, 0.1) is 0 Å². The number of rotatable bonds is 0. The summed E-state index contributed by atoms with van der Waals surface area (Å²) in [6.45, 7) is 9.53. The van der Waals surface area contributed by atoms with Gasteiger partial charge in [-0.2, -0.15) is 0 Å². The van der Waals surface area contributed by atoms with Gasteiger partial charge in [0.25, 0.3) is 0 Å². The Balaban J connectivity index is 1.45. The second-order valence-corrected chi connectivity index (χ2v) is 7.12. The van der Waals surface area contributed by atoms with Crippen molar-refractivity contribution >= 4 is 12.1 Å². The van der Waals surface area contributed by atoms with Gasteiger partial charge in [0.15, 0.2) is 0 Å². The van der Waals surface area contributed by atoms with Gasteiger partial charge >= 0.3 is 12.1 Å². The summed E-state index contributed by atoms with van der Waals surface area (Å²) >= 11 is 0. The average molecular weight is 338 g/mol. The molecule has 4 amide bonds. The standard InChI is InChI=1S/C16H30N6O2/c1-17-3-7-19(8-4-17)15(23)21-11-13-22(14-12-21)16(24)20-9-5-18(2)6-10-20/h3-14H2,1-2H3. The smallest absolute Gasteiger partial charge is 0.320 e. The summed E-state index contributed by atoms with van der Waals surface area (Å²) in [5.74, 6) is 0. The lowest BCUT2D eigenvalue weighted by Crippen LogP contribution is -2.59. The van der Waals surface area contributed by atoms with Crippen molar-refractivity contribution in [2.45, 2.75) is 0 Å². The Kier molecular flexibility index (Phi) is 5.45. The predicted octanol–water partition coefficient (Wildman–Crippen LogP) is -0.661. The van der Waals surface area contributed by atoms with Crippen LogP contribution in [0.25, 0.3) is 0 Å². The Morgan fingerprint density at radius 1 is 0.458 bits per heavy atom. The first-order chi connectivity index (χ1) is 11.5. The number of hydrogen-bond donors (Lipinski definition) is 0. The third-order valence-electron chi connectivity index (χ3n) is 5.37. The van der Waals surface area contributed by atoms with Gasteiger partial charge in [-0.05, 0) is 14.1 Å². The van der Waals surface area contributed by atoms with E-state index in [4.69, 9.17) is 0 Å². The molecule has 0 unspecified atom stereocenters. The normalized spacial score (nSPS) is 24.4. The molecule has 0 aliphatic carbocycles. The maximum absolute atomic E-state index is 12.6. The predicted molar refractivity (Wildman–Crippen MR) is 92.1 cm³/mol. The molecule has 24 heavy (non-hydrogen) atoms. The van der Waals surface area contributed by atoms with Gasteiger partial charge in [0.1, 0.15) is 0 Å². The first-order valence-corrected chi connectivity index (χ1v) is 8.99. The fraction of sp³-hybridized carbons (Fsp3) is 0.875. The van der Waals surface area contributed by atoms with Gasteiger partial charge in [-0.25, -0.2) is 9.59 Å². The molecule has 136 valence electrons. The topological polar surface area (TPSA) is 53.6 Å². The lowest BCUT2D eigenvalue weighted by molar-refractivity contribution is 0.0850. The fourth-order valence-corrected chi connectivity index (χ4v) is 3.48. The molecule has 0 radical (unpaired) electrons. The van der Waals surface area contributed by atoms with Crippen LogP contribution in [-0.2, 0) is 0 Å². The summed E-state index contributed by atoms with van der Waals surface area (Å²) < 4.78 is 0. The maximum atomic E-state index is 12.6. The van der Waals surface area contributed by atoms with Crippen LogP contribution in [0.4, 0.5) is 9.59 Å². The molecule has 3 saturated heterocycles. The van der Waals surface area contributed by atoms with Gasteiger partial charge < -0.3 is 29.4 Å². The van der Waals surface area contributed by atoms with Crippen LogP contribution in [0.2, 0.25) is 0 Å². The van der Waals surface area contributed by atoms with E-state index in [1.54, 1.807) is 0 Å². The Morgan fingerprint density at radius 3 is 0.917 bits per heavy atom. The third-order valence-corrected chi connectivity index (χ3v) is 5.37. The number of carbonyl (C=O) groups is 2. The summed E-state index contributed by atoms with van der Waals surface area (Å²) in [7, 11) is 4.18. The lowest BCUT2D eigenvalue weighted by Gasteiger charge is -2.42. The molecule has 8 nitrogen and oxygen atoms in total. The second-order valence-electron chi connectivity index (χ2n) is 7.12. The molecule has 0 aromatic rings. The van der Waals surface area contributed by atoms with E-state index in [1.165, 1.54) is 0 Å². The number of piperazine rings is 3. The number of urea groups is 2. The molecular weight excluding hydrogens is 308 g/mol. The van der Waals surface area contributed by atoms with Crippen LogP contribution in [0.1, 0.15) is 0 Å². The van der Waals surface area contributed by atoms with Crippen LogP contribution in [0.5, 0.6) is 0 Å². The monoisotopic (exact) mass is 338 g/mol. The maximum Gasteiger partial charge on any atom is 0.320 e. The average Bonchev–Trinajstić information content (AvgIpc) is 2.62. The van der Waals surface area contributed by atoms with Crippen LogP contribution in [0, 0.1) is 0 Å². The molecule has 0 spiro atoms. The molecule has 3 rings (SSSR count). The Morgan fingerprint density at radius 2 is 0.667 bits per heavy atom. The van der Waals surface area contributed by atoms with Gasteiger partial charge in [-0.3, -0.25) is 0 Å². The molecule has 0 bridgehead atoms. The highest BCUT2D eigenvalue weighted by atomic mass is 16.2. The zero-order chi connectivity index (χ0) is 17.1. The van der Waals surface area contributed by atoms with Crippen molar-refractivity contribution in [1.29, 1.82) is 0 Å². The molecule has 0 aromatic carbocycles. The van der Waals surface area contributed by atoms with Gasteiger partial charge in [-0.15, -0.1) is 0 Å². The van der Waals surface area contributed by atoms with Crippen molar-refractivity contribution < 1.29 is 9.59 Å². The molecule has 0 N–H and O–H groups in total. The summed E-state index contributed by atoms with van der Waals surface area (Å²) in [5.41, 5.74) is 0. The van der Waals surface area contributed by atoms with E-state index in [2.05, 4.69) is 23.9 Å². The van der Waals surface area contributed by atoms with E-state index in [0.29, 0.717) is 26.2 Å². The van der Waals surface area contributed by atoms with E-state index < -0.39 is 0 Å². The Hall–Kier alpha value is -1.54. The molecule has 0 atom stereocenters. The molecule has 0 aromatic heterocycles. The van der Waals surface area contributed by atoms with Crippen LogP contribution in [-0.4, -0.2) is 134 Å². The lowest BCUT2D eigenvalue weighted by atomic mass is 10.3. The molecule has 8 heteroatoms. The van der Waals surface area contributed by atoms with Crippen molar-refractivity contribution in [3.8, 4) is 0 Å². The highest BCUT2D eigenvalue weighted by Gasteiger charge is 2.30. The highest BCUT2D eigenvalue weighted by Crippen LogP contribution is 2.11. The number of likely N-dealkylation sites (N-methyl/N-ethyl adjacent to an activating group) is 2. The molecule has 3 aliphatic heterocycles. The van der Waals surface area contributed by atoms with Crippen LogP contribution in [0.15, 0.2) is 0 Å². The third kappa shape index (κ3) is 3.92.